The molecule has 3 aliphatic rings. The lowest BCUT2D eigenvalue weighted by Gasteiger charge is -2.39. The molecule has 5 nitrogen and oxygen atoms in total. The van der Waals surface area contributed by atoms with Crippen molar-refractivity contribution in [2.75, 3.05) is 43.4 Å². The summed E-state index contributed by atoms with van der Waals surface area (Å²) in [5.41, 5.74) is 2.20. The molecular formula is C28H35N3O2S. The Bertz CT molecular complexity index is 982. The van der Waals surface area contributed by atoms with Crippen LogP contribution in [0.5, 0.6) is 0 Å². The number of amides is 2. The van der Waals surface area contributed by atoms with Crippen LogP contribution in [0.2, 0.25) is 0 Å². The van der Waals surface area contributed by atoms with E-state index < -0.39 is 0 Å². The number of benzene rings is 2. The number of hydrogen-bond acceptors (Lipinski definition) is 4. The van der Waals surface area contributed by atoms with E-state index in [-0.39, 0.29) is 17.9 Å². The second-order valence-electron chi connectivity index (χ2n) is 9.76. The second kappa shape index (κ2) is 11.0. The van der Waals surface area contributed by atoms with Gasteiger partial charge in [-0.15, -0.1) is 11.8 Å². The number of nitrogens with zero attached hydrogens (tertiary/aromatic N) is 3. The zero-order valence-electron chi connectivity index (χ0n) is 19.9. The summed E-state index contributed by atoms with van der Waals surface area (Å²) in [7, 11) is 0. The van der Waals surface area contributed by atoms with Crippen molar-refractivity contribution in [2.24, 2.45) is 5.92 Å². The standard InChI is InChI=1S/C28H35N3O2S/c32-27(20-29-18-14-23(15-19-29)28(33)30-16-8-1-2-9-17-30)31-24-12-6-7-13-26(24)34-21-25(31)22-10-4-3-5-11-22/h3-7,10-13,23,25H,1-2,8-9,14-21H2. The van der Waals surface area contributed by atoms with Gasteiger partial charge in [-0.3, -0.25) is 14.5 Å². The first-order valence-corrected chi connectivity index (χ1v) is 13.8. The van der Waals surface area contributed by atoms with Crippen molar-refractivity contribution < 1.29 is 9.59 Å². The fourth-order valence-electron chi connectivity index (χ4n) is 5.57. The largest absolute Gasteiger partial charge is 0.342 e. The predicted octanol–water partition coefficient (Wildman–Crippen LogP) is 4.98. The van der Waals surface area contributed by atoms with E-state index in [1.165, 1.54) is 23.3 Å². The van der Waals surface area contributed by atoms with Crippen molar-refractivity contribution in [3.63, 3.8) is 0 Å². The Kier molecular flexibility index (Phi) is 7.55. The van der Waals surface area contributed by atoms with Crippen LogP contribution in [0, 0.1) is 5.92 Å². The Labute approximate surface area is 207 Å². The fourth-order valence-corrected chi connectivity index (χ4v) is 6.74. The highest BCUT2D eigenvalue weighted by atomic mass is 32.2. The van der Waals surface area contributed by atoms with E-state index in [1.807, 2.05) is 34.9 Å². The maximum absolute atomic E-state index is 13.7. The van der Waals surface area contributed by atoms with Gasteiger partial charge in [0.15, 0.2) is 0 Å². The summed E-state index contributed by atoms with van der Waals surface area (Å²) in [5, 5.41) is 0. The molecule has 0 bridgehead atoms. The van der Waals surface area contributed by atoms with Crippen LogP contribution in [0.3, 0.4) is 0 Å². The normalized spacial score (nSPS) is 22.2. The van der Waals surface area contributed by atoms with E-state index in [2.05, 4.69) is 46.2 Å². The molecule has 2 saturated heterocycles. The minimum absolute atomic E-state index is 0.0377. The molecule has 6 heteroatoms. The smallest absolute Gasteiger partial charge is 0.241 e. The van der Waals surface area contributed by atoms with Crippen LogP contribution in [0.15, 0.2) is 59.5 Å². The lowest BCUT2D eigenvalue weighted by atomic mass is 9.95. The van der Waals surface area contributed by atoms with Crippen LogP contribution in [0.1, 0.15) is 50.1 Å². The van der Waals surface area contributed by atoms with Gasteiger partial charge in [-0.05, 0) is 56.5 Å². The fraction of sp³-hybridized carbons (Fsp3) is 0.500. The zero-order valence-corrected chi connectivity index (χ0v) is 20.7. The topological polar surface area (TPSA) is 43.9 Å². The van der Waals surface area contributed by atoms with Gasteiger partial charge < -0.3 is 9.80 Å². The molecule has 2 fully saturated rings. The summed E-state index contributed by atoms with van der Waals surface area (Å²) in [6.45, 7) is 3.88. The molecule has 180 valence electrons. The van der Waals surface area contributed by atoms with Crippen LogP contribution in [-0.4, -0.2) is 60.1 Å². The molecule has 0 N–H and O–H groups in total. The van der Waals surface area contributed by atoms with Gasteiger partial charge in [-0.2, -0.15) is 0 Å². The van der Waals surface area contributed by atoms with E-state index in [0.29, 0.717) is 12.5 Å². The van der Waals surface area contributed by atoms with E-state index in [9.17, 15) is 9.59 Å². The first kappa shape index (κ1) is 23.4. The number of rotatable bonds is 4. The van der Waals surface area contributed by atoms with Crippen molar-refractivity contribution >= 4 is 29.3 Å². The van der Waals surface area contributed by atoms with Gasteiger partial charge in [-0.1, -0.05) is 55.3 Å². The van der Waals surface area contributed by atoms with Gasteiger partial charge in [-0.25, -0.2) is 0 Å². The molecule has 3 heterocycles. The van der Waals surface area contributed by atoms with Crippen LogP contribution in [0.4, 0.5) is 5.69 Å². The summed E-state index contributed by atoms with van der Waals surface area (Å²) >= 11 is 1.83. The van der Waals surface area contributed by atoms with Gasteiger partial charge in [0.2, 0.25) is 11.8 Å². The second-order valence-corrected chi connectivity index (χ2v) is 10.8. The third-order valence-corrected chi connectivity index (χ3v) is 8.64. The van der Waals surface area contributed by atoms with Crippen LogP contribution in [-0.2, 0) is 9.59 Å². The Morgan fingerprint density at radius 3 is 2.24 bits per heavy atom. The summed E-state index contributed by atoms with van der Waals surface area (Å²) in [6.07, 6.45) is 6.47. The molecule has 3 aliphatic heterocycles. The molecule has 0 saturated carbocycles. The molecule has 34 heavy (non-hydrogen) atoms. The number of thioether (sulfide) groups is 1. The highest BCUT2D eigenvalue weighted by Crippen LogP contribution is 2.43. The number of anilines is 1. The number of fused-ring (bicyclic) bond motifs is 1. The van der Waals surface area contributed by atoms with E-state index in [4.69, 9.17) is 0 Å². The number of likely N-dealkylation sites (tertiary alicyclic amines) is 2. The first-order valence-electron chi connectivity index (χ1n) is 12.8. The predicted molar refractivity (Wildman–Crippen MR) is 138 cm³/mol. The molecule has 2 aromatic carbocycles. The quantitative estimate of drug-likeness (QED) is 0.623. The Morgan fingerprint density at radius 2 is 1.50 bits per heavy atom. The maximum Gasteiger partial charge on any atom is 0.241 e. The summed E-state index contributed by atoms with van der Waals surface area (Å²) in [6, 6.07) is 18.7. The minimum Gasteiger partial charge on any atom is -0.342 e. The summed E-state index contributed by atoms with van der Waals surface area (Å²) < 4.78 is 0. The molecule has 0 radical (unpaired) electrons. The number of carbonyl (C=O) groups is 2. The molecule has 5 rings (SSSR count). The average Bonchev–Trinajstić information content (AvgIpc) is 3.18. The molecule has 2 aromatic rings. The third-order valence-electron chi connectivity index (χ3n) is 7.50. The molecular weight excluding hydrogens is 442 g/mol. The maximum atomic E-state index is 13.7. The summed E-state index contributed by atoms with van der Waals surface area (Å²) in [4.78, 5) is 34.3. The van der Waals surface area contributed by atoms with Gasteiger partial charge in [0.05, 0.1) is 18.3 Å². The van der Waals surface area contributed by atoms with Gasteiger partial charge in [0.25, 0.3) is 0 Å². The highest BCUT2D eigenvalue weighted by molar-refractivity contribution is 7.99. The molecule has 1 atom stereocenters. The Morgan fingerprint density at radius 1 is 0.824 bits per heavy atom. The SMILES string of the molecule is O=C(C1CCN(CC(=O)N2c3ccccc3SCC2c2ccccc2)CC1)N1CCCCCC1. The van der Waals surface area contributed by atoms with Crippen molar-refractivity contribution in [3.8, 4) is 0 Å². The zero-order chi connectivity index (χ0) is 23.3. The Hall–Kier alpha value is -2.31. The van der Waals surface area contributed by atoms with Crippen molar-refractivity contribution in [1.29, 1.82) is 0 Å². The minimum atomic E-state index is 0.0377. The van der Waals surface area contributed by atoms with Crippen LogP contribution in [0.25, 0.3) is 0 Å². The van der Waals surface area contributed by atoms with E-state index >= 15 is 0 Å². The lowest BCUT2D eigenvalue weighted by Crippen LogP contribution is -2.48. The van der Waals surface area contributed by atoms with Gasteiger partial charge in [0.1, 0.15) is 0 Å². The number of piperidine rings is 1. The number of carbonyl (C=O) groups excluding carboxylic acids is 2. The van der Waals surface area contributed by atoms with Crippen molar-refractivity contribution in [2.45, 2.75) is 49.5 Å². The van der Waals surface area contributed by atoms with Crippen LogP contribution < -0.4 is 4.90 Å². The molecule has 0 aromatic heterocycles. The number of hydrogen-bond donors (Lipinski definition) is 0. The monoisotopic (exact) mass is 477 g/mol. The number of para-hydroxylation sites is 1. The first-order chi connectivity index (χ1) is 16.7. The lowest BCUT2D eigenvalue weighted by molar-refractivity contribution is -0.137. The van der Waals surface area contributed by atoms with E-state index in [1.54, 1.807) is 0 Å². The summed E-state index contributed by atoms with van der Waals surface area (Å²) in [5.74, 6) is 1.48. The molecule has 0 spiro atoms. The van der Waals surface area contributed by atoms with Gasteiger partial charge in [0, 0.05) is 29.7 Å². The average molecular weight is 478 g/mol. The Balaban J connectivity index is 1.24. The highest BCUT2D eigenvalue weighted by Gasteiger charge is 2.35. The van der Waals surface area contributed by atoms with Crippen LogP contribution >= 0.6 is 11.8 Å². The molecule has 2 amide bonds. The van der Waals surface area contributed by atoms with E-state index in [0.717, 1.165) is 63.3 Å². The molecule has 1 unspecified atom stereocenters. The van der Waals surface area contributed by atoms with Crippen molar-refractivity contribution in [3.05, 3.63) is 60.2 Å². The van der Waals surface area contributed by atoms with Crippen molar-refractivity contribution in [1.82, 2.24) is 9.80 Å². The molecule has 0 aliphatic carbocycles. The third kappa shape index (κ3) is 5.18. The van der Waals surface area contributed by atoms with Gasteiger partial charge >= 0.3 is 0 Å².